The van der Waals surface area contributed by atoms with Gasteiger partial charge < -0.3 is 11.1 Å². The first-order valence-electron chi connectivity index (χ1n) is 7.77. The molecule has 2 heterocycles. The van der Waals surface area contributed by atoms with Crippen LogP contribution in [0, 0.1) is 0 Å². The number of aromatic amines is 1. The molecular weight excluding hydrogens is 298 g/mol. The second-order valence-electron chi connectivity index (χ2n) is 5.64. The lowest BCUT2D eigenvalue weighted by molar-refractivity contribution is 1.10. The predicted molar refractivity (Wildman–Crippen MR) is 97.5 cm³/mol. The fourth-order valence-electron chi connectivity index (χ4n) is 2.77. The molecule has 4 aromatic rings. The van der Waals surface area contributed by atoms with Crippen molar-refractivity contribution in [3.8, 4) is 11.3 Å². The summed E-state index contributed by atoms with van der Waals surface area (Å²) in [6.45, 7) is 0.738. The Balaban J connectivity index is 1.70. The van der Waals surface area contributed by atoms with Crippen LogP contribution in [0.25, 0.3) is 22.2 Å². The number of rotatable bonds is 4. The molecule has 4 rings (SSSR count). The highest BCUT2D eigenvalue weighted by Gasteiger charge is 2.07. The molecular formula is C19H17N5. The fraction of sp³-hybridized carbons (Fsp3) is 0.0526. The van der Waals surface area contributed by atoms with Crippen LogP contribution in [0.1, 0.15) is 5.56 Å². The minimum Gasteiger partial charge on any atom is -0.384 e. The lowest BCUT2D eigenvalue weighted by Crippen LogP contribution is -2.02. The predicted octanol–water partition coefficient (Wildman–Crippen LogP) is 3.82. The Hall–Kier alpha value is -3.34. The van der Waals surface area contributed by atoms with E-state index >= 15 is 0 Å². The van der Waals surface area contributed by atoms with E-state index in [2.05, 4.69) is 44.8 Å². The Morgan fingerprint density at radius 2 is 1.88 bits per heavy atom. The topological polar surface area (TPSA) is 79.6 Å². The van der Waals surface area contributed by atoms with Crippen molar-refractivity contribution in [3.63, 3.8) is 0 Å². The summed E-state index contributed by atoms with van der Waals surface area (Å²) in [4.78, 5) is 4.47. The molecule has 5 nitrogen and oxygen atoms in total. The van der Waals surface area contributed by atoms with Crippen LogP contribution in [-0.2, 0) is 6.54 Å². The van der Waals surface area contributed by atoms with Crippen LogP contribution in [-0.4, -0.2) is 15.2 Å². The zero-order valence-corrected chi connectivity index (χ0v) is 13.0. The van der Waals surface area contributed by atoms with Gasteiger partial charge in [-0.15, -0.1) is 0 Å². The monoisotopic (exact) mass is 315 g/mol. The number of benzene rings is 2. The van der Waals surface area contributed by atoms with Gasteiger partial charge in [0.15, 0.2) is 0 Å². The van der Waals surface area contributed by atoms with Gasteiger partial charge >= 0.3 is 0 Å². The summed E-state index contributed by atoms with van der Waals surface area (Å²) in [5.74, 6) is 0.500. The summed E-state index contributed by atoms with van der Waals surface area (Å²) in [6, 6.07) is 20.2. The third kappa shape index (κ3) is 2.79. The summed E-state index contributed by atoms with van der Waals surface area (Å²) in [7, 11) is 0. The first-order valence-corrected chi connectivity index (χ1v) is 7.77. The van der Waals surface area contributed by atoms with Crippen LogP contribution in [0.5, 0.6) is 0 Å². The molecule has 0 aliphatic heterocycles. The molecule has 0 radical (unpaired) electrons. The highest BCUT2D eigenvalue weighted by molar-refractivity contribution is 5.95. The largest absolute Gasteiger partial charge is 0.384 e. The molecule has 0 unspecified atom stereocenters. The van der Waals surface area contributed by atoms with Gasteiger partial charge in [-0.05, 0) is 17.7 Å². The molecule has 2 aromatic heterocycles. The fourth-order valence-corrected chi connectivity index (χ4v) is 2.77. The van der Waals surface area contributed by atoms with Crippen LogP contribution < -0.4 is 11.1 Å². The quantitative estimate of drug-likeness (QED) is 0.535. The van der Waals surface area contributed by atoms with Crippen molar-refractivity contribution < 1.29 is 0 Å². The average molecular weight is 315 g/mol. The van der Waals surface area contributed by atoms with Gasteiger partial charge in [0, 0.05) is 35.4 Å². The zero-order chi connectivity index (χ0) is 16.4. The number of aromatic nitrogens is 3. The van der Waals surface area contributed by atoms with E-state index in [-0.39, 0.29) is 0 Å². The van der Waals surface area contributed by atoms with Gasteiger partial charge in [-0.1, -0.05) is 42.5 Å². The van der Waals surface area contributed by atoms with E-state index < -0.39 is 0 Å². The van der Waals surface area contributed by atoms with Crippen molar-refractivity contribution in [1.29, 1.82) is 0 Å². The summed E-state index contributed by atoms with van der Waals surface area (Å²) in [6.07, 6.45) is 1.74. The number of anilines is 2. The van der Waals surface area contributed by atoms with E-state index in [4.69, 9.17) is 5.73 Å². The maximum atomic E-state index is 5.99. The van der Waals surface area contributed by atoms with E-state index in [1.165, 1.54) is 5.56 Å². The summed E-state index contributed by atoms with van der Waals surface area (Å²) in [5, 5.41) is 11.5. The first-order chi connectivity index (χ1) is 11.8. The maximum Gasteiger partial charge on any atom is 0.126 e. The number of fused-ring (bicyclic) bond motifs is 1. The van der Waals surface area contributed by atoms with Gasteiger partial charge in [0.2, 0.25) is 0 Å². The van der Waals surface area contributed by atoms with E-state index in [9.17, 15) is 0 Å². The van der Waals surface area contributed by atoms with Crippen molar-refractivity contribution in [3.05, 3.63) is 72.4 Å². The Kier molecular flexibility index (Phi) is 3.59. The van der Waals surface area contributed by atoms with Gasteiger partial charge in [-0.3, -0.25) is 5.10 Å². The number of pyridine rings is 1. The second-order valence-corrected chi connectivity index (χ2v) is 5.64. The molecule has 0 aliphatic rings. The molecule has 0 saturated carbocycles. The molecule has 0 atom stereocenters. The Morgan fingerprint density at radius 3 is 2.67 bits per heavy atom. The van der Waals surface area contributed by atoms with Crippen LogP contribution in [0.4, 0.5) is 11.5 Å². The van der Waals surface area contributed by atoms with Crippen LogP contribution in [0.2, 0.25) is 0 Å². The number of nitrogens with zero attached hydrogens (tertiary/aromatic N) is 2. The number of hydrogen-bond donors (Lipinski definition) is 3. The molecule has 118 valence electrons. The minimum absolute atomic E-state index is 0.500. The highest BCUT2D eigenvalue weighted by Crippen LogP contribution is 2.28. The SMILES string of the molecule is Nc1cc(NCc2ccccc2)c2ccc(-c3ccn[nH]3)cc2n1. The summed E-state index contributed by atoms with van der Waals surface area (Å²) in [5.41, 5.74) is 11.0. The summed E-state index contributed by atoms with van der Waals surface area (Å²) < 4.78 is 0. The highest BCUT2D eigenvalue weighted by atomic mass is 15.1. The normalized spacial score (nSPS) is 10.8. The Labute approximate surface area is 139 Å². The molecule has 0 bridgehead atoms. The smallest absolute Gasteiger partial charge is 0.126 e. The molecule has 0 fully saturated rings. The molecule has 0 aliphatic carbocycles. The molecule has 2 aromatic carbocycles. The van der Waals surface area contributed by atoms with Gasteiger partial charge in [0.1, 0.15) is 5.82 Å². The van der Waals surface area contributed by atoms with Crippen molar-refractivity contribution >= 4 is 22.4 Å². The maximum absolute atomic E-state index is 5.99. The van der Waals surface area contributed by atoms with Crippen molar-refractivity contribution in [2.75, 3.05) is 11.1 Å². The number of H-pyrrole nitrogens is 1. The molecule has 5 heteroatoms. The second kappa shape index (κ2) is 6.04. The molecule has 0 saturated heterocycles. The lowest BCUT2D eigenvalue weighted by atomic mass is 10.1. The number of nitrogen functional groups attached to an aromatic ring is 1. The average Bonchev–Trinajstić information content (AvgIpc) is 3.14. The molecule has 0 amide bonds. The molecule has 4 N–H and O–H groups in total. The van der Waals surface area contributed by atoms with Crippen molar-refractivity contribution in [2.24, 2.45) is 0 Å². The van der Waals surface area contributed by atoms with Crippen molar-refractivity contribution in [1.82, 2.24) is 15.2 Å². The van der Waals surface area contributed by atoms with E-state index in [1.807, 2.05) is 36.4 Å². The third-order valence-electron chi connectivity index (χ3n) is 3.97. The standard InChI is InChI=1S/C19H17N5/c20-19-11-17(21-12-13-4-2-1-3-5-13)15-7-6-14(10-18(15)23-19)16-8-9-22-24-16/h1-11H,12H2,(H,22,24)(H3,20,21,23). The van der Waals surface area contributed by atoms with E-state index in [0.29, 0.717) is 5.82 Å². The molecule has 24 heavy (non-hydrogen) atoms. The van der Waals surface area contributed by atoms with Crippen LogP contribution in [0.3, 0.4) is 0 Å². The first kappa shape index (κ1) is 14.3. The number of nitrogens with one attached hydrogen (secondary N) is 2. The van der Waals surface area contributed by atoms with E-state index in [1.54, 1.807) is 6.20 Å². The third-order valence-corrected chi connectivity index (χ3v) is 3.97. The Morgan fingerprint density at radius 1 is 1.00 bits per heavy atom. The zero-order valence-electron chi connectivity index (χ0n) is 13.0. The molecule has 0 spiro atoms. The number of hydrogen-bond acceptors (Lipinski definition) is 4. The van der Waals surface area contributed by atoms with Gasteiger partial charge in [-0.2, -0.15) is 5.10 Å². The minimum atomic E-state index is 0.500. The Bertz CT molecular complexity index is 962. The number of nitrogens with two attached hydrogens (primary N) is 1. The van der Waals surface area contributed by atoms with Gasteiger partial charge in [-0.25, -0.2) is 4.98 Å². The van der Waals surface area contributed by atoms with Crippen LogP contribution >= 0.6 is 0 Å². The van der Waals surface area contributed by atoms with Crippen molar-refractivity contribution in [2.45, 2.75) is 6.54 Å². The lowest BCUT2D eigenvalue weighted by Gasteiger charge is -2.11. The van der Waals surface area contributed by atoms with E-state index in [0.717, 1.165) is 34.4 Å². The van der Waals surface area contributed by atoms with Crippen LogP contribution in [0.15, 0.2) is 66.9 Å². The summed E-state index contributed by atoms with van der Waals surface area (Å²) >= 11 is 0. The van der Waals surface area contributed by atoms with Gasteiger partial charge in [0.05, 0.1) is 11.2 Å². The van der Waals surface area contributed by atoms with Gasteiger partial charge in [0.25, 0.3) is 0 Å².